The highest BCUT2D eigenvalue weighted by atomic mass is 32.2. The molecule has 3 aromatic rings. The molecule has 0 N–H and O–H groups in total. The first-order chi connectivity index (χ1) is 13.1. The molecule has 3 rings (SSSR count). The number of nitrogens with zero attached hydrogens (tertiary/aromatic N) is 2. The molecular formula is C21H18N2O3S. The largest absolute Gasteiger partial charge is 0.497 e. The quantitative estimate of drug-likeness (QED) is 0.446. The molecule has 1 heterocycles. The van der Waals surface area contributed by atoms with Gasteiger partial charge in [0.05, 0.1) is 30.5 Å². The number of carbonyl (C=O) groups excluding carboxylic acids is 1. The van der Waals surface area contributed by atoms with Crippen LogP contribution in [-0.4, -0.2) is 30.2 Å². The molecule has 0 radical (unpaired) electrons. The van der Waals surface area contributed by atoms with Gasteiger partial charge in [-0.2, -0.15) is 5.26 Å². The van der Waals surface area contributed by atoms with Crippen LogP contribution >= 0.6 is 11.8 Å². The van der Waals surface area contributed by atoms with Gasteiger partial charge in [-0.15, -0.1) is 0 Å². The van der Waals surface area contributed by atoms with Crippen LogP contribution in [0.4, 0.5) is 0 Å². The number of benzene rings is 2. The smallest absolute Gasteiger partial charge is 0.173 e. The van der Waals surface area contributed by atoms with Crippen molar-refractivity contribution < 1.29 is 14.3 Å². The summed E-state index contributed by atoms with van der Waals surface area (Å²) in [5.41, 5.74) is 1.76. The molecule has 136 valence electrons. The van der Waals surface area contributed by atoms with Crippen LogP contribution in [0.25, 0.3) is 10.9 Å². The van der Waals surface area contributed by atoms with E-state index in [9.17, 15) is 10.1 Å². The van der Waals surface area contributed by atoms with E-state index in [-0.39, 0.29) is 11.5 Å². The van der Waals surface area contributed by atoms with Crippen LogP contribution < -0.4 is 9.47 Å². The summed E-state index contributed by atoms with van der Waals surface area (Å²) in [5.74, 6) is 1.50. The minimum atomic E-state index is -0.0484. The highest BCUT2D eigenvalue weighted by Crippen LogP contribution is 2.27. The van der Waals surface area contributed by atoms with Crippen molar-refractivity contribution in [3.8, 4) is 17.6 Å². The number of ketones is 1. The minimum absolute atomic E-state index is 0.0484. The van der Waals surface area contributed by atoms with E-state index in [2.05, 4.69) is 11.1 Å². The molecule has 6 heteroatoms. The predicted octanol–water partition coefficient (Wildman–Crippen LogP) is 4.49. The van der Waals surface area contributed by atoms with Crippen LogP contribution in [-0.2, 0) is 0 Å². The van der Waals surface area contributed by atoms with Gasteiger partial charge in [-0.1, -0.05) is 23.9 Å². The van der Waals surface area contributed by atoms with Gasteiger partial charge in [0.2, 0.25) is 0 Å². The molecule has 0 spiro atoms. The summed E-state index contributed by atoms with van der Waals surface area (Å²) in [5, 5.41) is 10.8. The maximum absolute atomic E-state index is 12.5. The van der Waals surface area contributed by atoms with Gasteiger partial charge in [0.25, 0.3) is 0 Å². The third-order valence-corrected chi connectivity index (χ3v) is 4.91. The van der Waals surface area contributed by atoms with E-state index < -0.39 is 0 Å². The SMILES string of the molecule is CCOc1ccc2cc(C#N)c(SCC(=O)c3cccc(OC)c3)nc2c1. The van der Waals surface area contributed by atoms with Crippen molar-refractivity contribution >= 4 is 28.4 Å². The molecule has 5 nitrogen and oxygen atoms in total. The topological polar surface area (TPSA) is 72.2 Å². The summed E-state index contributed by atoms with van der Waals surface area (Å²) in [6.07, 6.45) is 0. The van der Waals surface area contributed by atoms with E-state index in [1.54, 1.807) is 37.4 Å². The number of aromatic nitrogens is 1. The van der Waals surface area contributed by atoms with E-state index in [0.717, 1.165) is 16.7 Å². The van der Waals surface area contributed by atoms with E-state index >= 15 is 0 Å². The first kappa shape index (κ1) is 18.7. The molecule has 0 aliphatic rings. The van der Waals surface area contributed by atoms with Gasteiger partial charge in [0.15, 0.2) is 5.78 Å². The standard InChI is InChI=1S/C21H18N2O3S/c1-3-26-18-8-7-14-9-16(12-22)21(23-19(14)11-18)27-13-20(24)15-5-4-6-17(10-15)25-2/h4-11H,3,13H2,1-2H3. The normalized spacial score (nSPS) is 10.4. The van der Waals surface area contributed by atoms with Crippen molar-refractivity contribution in [2.75, 3.05) is 19.5 Å². The lowest BCUT2D eigenvalue weighted by atomic mass is 10.1. The Morgan fingerprint density at radius 2 is 2.04 bits per heavy atom. The molecule has 2 aromatic carbocycles. The van der Waals surface area contributed by atoms with Crippen LogP contribution in [0.2, 0.25) is 0 Å². The molecule has 1 aromatic heterocycles. The second-order valence-corrected chi connectivity index (χ2v) is 6.65. The lowest BCUT2D eigenvalue weighted by Gasteiger charge is -2.08. The predicted molar refractivity (Wildman–Crippen MR) is 106 cm³/mol. The van der Waals surface area contributed by atoms with Crippen LogP contribution in [0.15, 0.2) is 53.6 Å². The molecule has 0 aliphatic heterocycles. The lowest BCUT2D eigenvalue weighted by Crippen LogP contribution is -2.03. The molecule has 0 saturated heterocycles. The van der Waals surface area contributed by atoms with E-state index in [1.807, 2.05) is 25.1 Å². The number of nitriles is 1. The summed E-state index contributed by atoms with van der Waals surface area (Å²) in [4.78, 5) is 17.1. The van der Waals surface area contributed by atoms with Crippen molar-refractivity contribution in [1.29, 1.82) is 5.26 Å². The van der Waals surface area contributed by atoms with Gasteiger partial charge >= 0.3 is 0 Å². The fourth-order valence-corrected chi connectivity index (χ4v) is 3.45. The highest BCUT2D eigenvalue weighted by molar-refractivity contribution is 8.00. The van der Waals surface area contributed by atoms with Crippen molar-refractivity contribution in [2.45, 2.75) is 11.9 Å². The maximum atomic E-state index is 12.5. The van der Waals surface area contributed by atoms with Crippen LogP contribution in [0.5, 0.6) is 11.5 Å². The number of pyridine rings is 1. The Labute approximate surface area is 161 Å². The third kappa shape index (κ3) is 4.39. The first-order valence-corrected chi connectivity index (χ1v) is 9.41. The lowest BCUT2D eigenvalue weighted by molar-refractivity contribution is 0.102. The van der Waals surface area contributed by atoms with Gasteiger partial charge in [0, 0.05) is 17.0 Å². The molecule has 0 amide bonds. The fraction of sp³-hybridized carbons (Fsp3) is 0.190. The minimum Gasteiger partial charge on any atom is -0.497 e. The van der Waals surface area contributed by atoms with Crippen molar-refractivity contribution in [3.05, 3.63) is 59.7 Å². The molecular weight excluding hydrogens is 360 g/mol. The van der Waals surface area contributed by atoms with E-state index in [4.69, 9.17) is 9.47 Å². The van der Waals surface area contributed by atoms with Crippen molar-refractivity contribution in [1.82, 2.24) is 4.98 Å². The Balaban J connectivity index is 1.84. The number of hydrogen-bond acceptors (Lipinski definition) is 6. The average molecular weight is 378 g/mol. The number of carbonyl (C=O) groups is 1. The molecule has 0 atom stereocenters. The number of thioether (sulfide) groups is 1. The van der Waals surface area contributed by atoms with E-state index in [1.165, 1.54) is 11.8 Å². The summed E-state index contributed by atoms with van der Waals surface area (Å²) in [7, 11) is 1.56. The number of Topliss-reactive ketones (excluding diaryl/α,β-unsaturated/α-hetero) is 1. The van der Waals surface area contributed by atoms with Gasteiger partial charge < -0.3 is 9.47 Å². The second-order valence-electron chi connectivity index (χ2n) is 5.68. The zero-order valence-corrected chi connectivity index (χ0v) is 15.9. The van der Waals surface area contributed by atoms with Gasteiger partial charge in [0.1, 0.15) is 22.6 Å². The molecule has 0 bridgehead atoms. The molecule has 0 saturated carbocycles. The van der Waals surface area contributed by atoms with Gasteiger partial charge in [-0.3, -0.25) is 4.79 Å². The second kappa shape index (κ2) is 8.56. The summed E-state index contributed by atoms with van der Waals surface area (Å²) in [6, 6.07) is 16.5. The zero-order valence-electron chi connectivity index (χ0n) is 15.1. The maximum Gasteiger partial charge on any atom is 0.173 e. The Hall–Kier alpha value is -3.04. The fourth-order valence-electron chi connectivity index (χ4n) is 2.59. The van der Waals surface area contributed by atoms with Crippen LogP contribution in [0, 0.1) is 11.3 Å². The number of ether oxygens (including phenoxy) is 2. The third-order valence-electron chi connectivity index (χ3n) is 3.92. The number of methoxy groups -OCH3 is 1. The highest BCUT2D eigenvalue weighted by Gasteiger charge is 2.13. The zero-order chi connectivity index (χ0) is 19.2. The van der Waals surface area contributed by atoms with Crippen molar-refractivity contribution in [3.63, 3.8) is 0 Å². The molecule has 0 fully saturated rings. The number of hydrogen-bond donors (Lipinski definition) is 0. The van der Waals surface area contributed by atoms with Crippen molar-refractivity contribution in [2.24, 2.45) is 0 Å². The monoisotopic (exact) mass is 378 g/mol. The summed E-state index contributed by atoms with van der Waals surface area (Å²) >= 11 is 1.26. The Kier molecular flexibility index (Phi) is 5.94. The Morgan fingerprint density at radius 1 is 1.19 bits per heavy atom. The summed E-state index contributed by atoms with van der Waals surface area (Å²) < 4.78 is 10.7. The van der Waals surface area contributed by atoms with Gasteiger partial charge in [-0.05, 0) is 37.3 Å². The first-order valence-electron chi connectivity index (χ1n) is 8.42. The summed E-state index contributed by atoms with van der Waals surface area (Å²) in [6.45, 7) is 2.49. The number of rotatable bonds is 7. The molecule has 0 unspecified atom stereocenters. The average Bonchev–Trinajstić information content (AvgIpc) is 2.71. The molecule has 27 heavy (non-hydrogen) atoms. The van der Waals surface area contributed by atoms with E-state index in [0.29, 0.717) is 28.5 Å². The number of fused-ring (bicyclic) bond motifs is 1. The molecule has 0 aliphatic carbocycles. The van der Waals surface area contributed by atoms with Crippen LogP contribution in [0.3, 0.4) is 0 Å². The Morgan fingerprint density at radius 3 is 2.78 bits per heavy atom. The van der Waals surface area contributed by atoms with Gasteiger partial charge in [-0.25, -0.2) is 4.98 Å². The van der Waals surface area contributed by atoms with Crippen LogP contribution in [0.1, 0.15) is 22.8 Å². The Bertz CT molecular complexity index is 1030.